The van der Waals surface area contributed by atoms with E-state index >= 15 is 0 Å². The first-order valence-corrected chi connectivity index (χ1v) is 4.62. The largest absolute Gasteiger partial charge is 0.507 e. The van der Waals surface area contributed by atoms with Crippen LogP contribution in [-0.2, 0) is 11.2 Å². The summed E-state index contributed by atoms with van der Waals surface area (Å²) >= 11 is 0. The van der Waals surface area contributed by atoms with Gasteiger partial charge in [-0.15, -0.1) is 0 Å². The van der Waals surface area contributed by atoms with Gasteiger partial charge in [-0.2, -0.15) is 0 Å². The van der Waals surface area contributed by atoms with Crippen LogP contribution in [0.4, 0.5) is 0 Å². The minimum atomic E-state index is -0.417. The first kappa shape index (κ1) is 9.06. The summed E-state index contributed by atoms with van der Waals surface area (Å²) in [6.07, 6.45) is 0.580. The van der Waals surface area contributed by atoms with Crippen LogP contribution in [0.1, 0.15) is 28.4 Å². The molecule has 0 bridgehead atoms. The zero-order valence-corrected chi connectivity index (χ0v) is 8.20. The second-order valence-corrected chi connectivity index (χ2v) is 3.68. The zero-order valence-electron chi connectivity index (χ0n) is 8.20. The van der Waals surface area contributed by atoms with Crippen LogP contribution in [0.25, 0.3) is 0 Å². The molecule has 0 amide bonds. The Bertz CT molecular complexity index is 396. The molecule has 1 aromatic carbocycles. The predicted molar refractivity (Wildman–Crippen MR) is 51.4 cm³/mol. The van der Waals surface area contributed by atoms with Gasteiger partial charge < -0.3 is 9.84 Å². The third-order valence-electron chi connectivity index (χ3n) is 2.53. The highest BCUT2D eigenvalue weighted by Gasteiger charge is 2.27. The van der Waals surface area contributed by atoms with Crippen molar-refractivity contribution >= 4 is 5.97 Å². The highest BCUT2D eigenvalue weighted by molar-refractivity contribution is 5.95. The van der Waals surface area contributed by atoms with Gasteiger partial charge in [-0.3, -0.25) is 0 Å². The average Bonchev–Trinajstić information content (AvgIpc) is 2.10. The molecule has 1 aliphatic rings. The molecule has 0 aromatic heterocycles. The molecule has 3 nitrogen and oxygen atoms in total. The summed E-state index contributed by atoms with van der Waals surface area (Å²) in [6.45, 7) is 3.79. The molecule has 3 heteroatoms. The molecule has 1 unspecified atom stereocenters. The average molecular weight is 192 g/mol. The highest BCUT2D eigenvalue weighted by Crippen LogP contribution is 2.30. The maximum atomic E-state index is 11.5. The smallest absolute Gasteiger partial charge is 0.342 e. The molecule has 1 aromatic rings. The van der Waals surface area contributed by atoms with E-state index in [2.05, 4.69) is 0 Å². The normalized spacial score (nSPS) is 20.1. The first-order chi connectivity index (χ1) is 6.59. The number of phenolic OH excluding ortho intramolecular Hbond substituents is 1. The van der Waals surface area contributed by atoms with E-state index in [-0.39, 0.29) is 11.9 Å². The van der Waals surface area contributed by atoms with E-state index in [1.165, 1.54) is 6.07 Å². The van der Waals surface area contributed by atoms with Gasteiger partial charge in [-0.05, 0) is 31.0 Å². The van der Waals surface area contributed by atoms with Crippen molar-refractivity contribution in [3.63, 3.8) is 0 Å². The van der Waals surface area contributed by atoms with Gasteiger partial charge in [0.1, 0.15) is 17.4 Å². The number of cyclic esters (lactones) is 1. The maximum Gasteiger partial charge on any atom is 0.342 e. The number of carbonyl (C=O) groups is 1. The summed E-state index contributed by atoms with van der Waals surface area (Å²) in [4.78, 5) is 11.5. The van der Waals surface area contributed by atoms with Gasteiger partial charge in [0.15, 0.2) is 0 Å². The number of esters is 1. The molecule has 14 heavy (non-hydrogen) atoms. The number of aromatic hydroxyl groups is 1. The lowest BCUT2D eigenvalue weighted by Gasteiger charge is -2.23. The number of aryl methyl sites for hydroxylation is 1. The Kier molecular flexibility index (Phi) is 1.95. The fourth-order valence-corrected chi connectivity index (χ4v) is 1.80. The van der Waals surface area contributed by atoms with Crippen LogP contribution < -0.4 is 0 Å². The van der Waals surface area contributed by atoms with Crippen LogP contribution in [0.2, 0.25) is 0 Å². The van der Waals surface area contributed by atoms with Crippen LogP contribution in [0.5, 0.6) is 5.75 Å². The Morgan fingerprint density at radius 3 is 2.93 bits per heavy atom. The molecule has 0 saturated carbocycles. The number of rotatable bonds is 0. The fraction of sp³-hybridized carbons (Fsp3) is 0.364. The summed E-state index contributed by atoms with van der Waals surface area (Å²) in [7, 11) is 0. The van der Waals surface area contributed by atoms with Crippen LogP contribution in [0, 0.1) is 6.92 Å². The Morgan fingerprint density at radius 1 is 1.50 bits per heavy atom. The summed E-state index contributed by atoms with van der Waals surface area (Å²) < 4.78 is 5.05. The van der Waals surface area contributed by atoms with Crippen LogP contribution in [-0.4, -0.2) is 17.2 Å². The number of carbonyl (C=O) groups excluding carboxylic acids is 1. The van der Waals surface area contributed by atoms with Gasteiger partial charge in [0.2, 0.25) is 0 Å². The lowest BCUT2D eigenvalue weighted by molar-refractivity contribution is 0.0296. The molecule has 0 radical (unpaired) electrons. The van der Waals surface area contributed by atoms with Crippen molar-refractivity contribution < 1.29 is 14.6 Å². The monoisotopic (exact) mass is 192 g/mol. The van der Waals surface area contributed by atoms with E-state index in [1.54, 1.807) is 0 Å². The lowest BCUT2D eigenvalue weighted by atomic mass is 9.94. The SMILES string of the molecule is Cc1ccc(O)c2c1CC(C)OC2=O. The zero-order chi connectivity index (χ0) is 10.3. The summed E-state index contributed by atoms with van der Waals surface area (Å²) in [5.41, 5.74) is 2.28. The molecular formula is C11H12O3. The van der Waals surface area contributed by atoms with Crippen molar-refractivity contribution in [1.29, 1.82) is 0 Å². The molecule has 0 aliphatic carbocycles. The molecule has 1 heterocycles. The fourth-order valence-electron chi connectivity index (χ4n) is 1.80. The summed E-state index contributed by atoms with van der Waals surface area (Å²) in [5, 5.41) is 9.54. The van der Waals surface area contributed by atoms with E-state index in [0.717, 1.165) is 11.1 Å². The standard InChI is InChI=1S/C11H12O3/c1-6-3-4-9(12)10-8(6)5-7(2)14-11(10)13/h3-4,7,12H,5H2,1-2H3. The quantitative estimate of drug-likeness (QED) is 0.637. The number of fused-ring (bicyclic) bond motifs is 1. The Labute approximate surface area is 82.3 Å². The second-order valence-electron chi connectivity index (χ2n) is 3.68. The van der Waals surface area contributed by atoms with Gasteiger partial charge in [-0.25, -0.2) is 4.79 Å². The molecule has 0 saturated heterocycles. The summed E-state index contributed by atoms with van der Waals surface area (Å²) in [6, 6.07) is 3.35. The van der Waals surface area contributed by atoms with Gasteiger partial charge in [0, 0.05) is 6.42 Å². The van der Waals surface area contributed by atoms with E-state index in [0.29, 0.717) is 12.0 Å². The minimum absolute atomic E-state index is 0.0162. The van der Waals surface area contributed by atoms with E-state index in [1.807, 2.05) is 19.9 Å². The Hall–Kier alpha value is -1.51. The van der Waals surface area contributed by atoms with Crippen molar-refractivity contribution in [2.75, 3.05) is 0 Å². The van der Waals surface area contributed by atoms with Crippen LogP contribution in [0.15, 0.2) is 12.1 Å². The second kappa shape index (κ2) is 3.01. The first-order valence-electron chi connectivity index (χ1n) is 4.62. The topological polar surface area (TPSA) is 46.5 Å². The van der Waals surface area contributed by atoms with Crippen LogP contribution >= 0.6 is 0 Å². The van der Waals surface area contributed by atoms with Crippen molar-refractivity contribution in [1.82, 2.24) is 0 Å². The van der Waals surface area contributed by atoms with Crippen molar-refractivity contribution in [2.24, 2.45) is 0 Å². The number of hydrogen-bond donors (Lipinski definition) is 1. The number of benzene rings is 1. The maximum absolute atomic E-state index is 11.5. The predicted octanol–water partition coefficient (Wildman–Crippen LogP) is 1.80. The van der Waals surface area contributed by atoms with E-state index in [4.69, 9.17) is 4.74 Å². The molecule has 0 spiro atoms. The van der Waals surface area contributed by atoms with Crippen LogP contribution in [0.3, 0.4) is 0 Å². The van der Waals surface area contributed by atoms with Crippen molar-refractivity contribution in [2.45, 2.75) is 26.4 Å². The molecular weight excluding hydrogens is 180 g/mol. The highest BCUT2D eigenvalue weighted by atomic mass is 16.5. The van der Waals surface area contributed by atoms with Gasteiger partial charge in [0.05, 0.1) is 0 Å². The van der Waals surface area contributed by atoms with Gasteiger partial charge in [-0.1, -0.05) is 6.07 Å². The third kappa shape index (κ3) is 1.25. The number of ether oxygens (including phenoxy) is 1. The van der Waals surface area contributed by atoms with Gasteiger partial charge >= 0.3 is 5.97 Å². The molecule has 74 valence electrons. The van der Waals surface area contributed by atoms with Crippen molar-refractivity contribution in [3.05, 3.63) is 28.8 Å². The molecule has 0 fully saturated rings. The van der Waals surface area contributed by atoms with Gasteiger partial charge in [0.25, 0.3) is 0 Å². The molecule has 2 rings (SSSR count). The molecule has 1 N–H and O–H groups in total. The third-order valence-corrected chi connectivity index (χ3v) is 2.53. The van der Waals surface area contributed by atoms with E-state index < -0.39 is 5.97 Å². The summed E-state index contributed by atoms with van der Waals surface area (Å²) in [5.74, 6) is -0.401. The lowest BCUT2D eigenvalue weighted by Crippen LogP contribution is -2.25. The Morgan fingerprint density at radius 2 is 2.21 bits per heavy atom. The van der Waals surface area contributed by atoms with E-state index in [9.17, 15) is 9.90 Å². The molecule has 1 atom stereocenters. The van der Waals surface area contributed by atoms with Crippen molar-refractivity contribution in [3.8, 4) is 5.75 Å². The molecule has 1 aliphatic heterocycles. The minimum Gasteiger partial charge on any atom is -0.507 e. The Balaban J connectivity index is 2.63. The number of hydrogen-bond acceptors (Lipinski definition) is 3. The number of phenols is 1.